The van der Waals surface area contributed by atoms with Crippen LogP contribution in [0.5, 0.6) is 0 Å². The van der Waals surface area contributed by atoms with Crippen LogP contribution in [0.2, 0.25) is 0 Å². The molecule has 2 fully saturated rings. The maximum absolute atomic E-state index is 5.54. The van der Waals surface area contributed by atoms with Crippen molar-refractivity contribution < 1.29 is 0 Å². The first-order chi connectivity index (χ1) is 6.43. The molecule has 0 aromatic rings. The van der Waals surface area contributed by atoms with Gasteiger partial charge in [-0.2, -0.15) is 0 Å². The van der Waals surface area contributed by atoms with Gasteiger partial charge in [-0.15, -0.1) is 11.6 Å². The summed E-state index contributed by atoms with van der Waals surface area (Å²) in [6.07, 6.45) is 5.52. The topological polar surface area (TPSA) is 15.3 Å². The Kier molecular flexibility index (Phi) is 6.60. The molecule has 0 aromatic heterocycles. The molecule has 0 spiro atoms. The third kappa shape index (κ3) is 5.50. The molecule has 2 rings (SSSR count). The molecule has 13 heavy (non-hydrogen) atoms. The van der Waals surface area contributed by atoms with Gasteiger partial charge in [0.2, 0.25) is 0 Å². The van der Waals surface area contributed by atoms with Crippen molar-refractivity contribution in [2.75, 3.05) is 38.6 Å². The summed E-state index contributed by atoms with van der Waals surface area (Å²) in [5.74, 6) is 0.792. The zero-order valence-electron chi connectivity index (χ0n) is 8.40. The van der Waals surface area contributed by atoms with Gasteiger partial charge in [0.05, 0.1) is 0 Å². The van der Waals surface area contributed by atoms with E-state index in [0.29, 0.717) is 0 Å². The van der Waals surface area contributed by atoms with E-state index in [0.717, 1.165) is 12.4 Å². The van der Waals surface area contributed by atoms with E-state index in [2.05, 4.69) is 10.2 Å². The fourth-order valence-corrected chi connectivity index (χ4v) is 1.99. The second kappa shape index (κ2) is 7.60. The Hall–Kier alpha value is 0.210. The molecule has 2 aliphatic rings. The van der Waals surface area contributed by atoms with E-state index in [-0.39, 0.29) is 0 Å². The molecule has 1 N–H and O–H groups in total. The minimum atomic E-state index is 0.792. The van der Waals surface area contributed by atoms with Gasteiger partial charge in [-0.05, 0) is 51.9 Å². The molecule has 2 heterocycles. The maximum atomic E-state index is 5.54. The molecular formula is C10H21ClN2. The molecule has 3 heteroatoms. The third-order valence-electron chi connectivity index (χ3n) is 2.56. The number of nitrogens with zero attached hydrogens (tertiary/aromatic N) is 1. The van der Waals surface area contributed by atoms with Crippen LogP contribution in [-0.4, -0.2) is 43.5 Å². The quantitative estimate of drug-likeness (QED) is 0.689. The highest BCUT2D eigenvalue weighted by molar-refractivity contribution is 6.18. The zero-order valence-corrected chi connectivity index (χ0v) is 9.15. The number of hydrogen-bond donors (Lipinski definition) is 1. The molecule has 2 aliphatic heterocycles. The summed E-state index contributed by atoms with van der Waals surface area (Å²) in [6.45, 7) is 6.13. The van der Waals surface area contributed by atoms with Gasteiger partial charge in [0, 0.05) is 12.4 Å². The van der Waals surface area contributed by atoms with Crippen molar-refractivity contribution in [2.24, 2.45) is 0 Å². The lowest BCUT2D eigenvalue weighted by Gasteiger charge is -2.10. The molecule has 78 valence electrons. The molecule has 0 radical (unpaired) electrons. The molecule has 0 bridgehead atoms. The van der Waals surface area contributed by atoms with Gasteiger partial charge in [0.1, 0.15) is 0 Å². The van der Waals surface area contributed by atoms with Gasteiger partial charge >= 0.3 is 0 Å². The number of halogens is 1. The Morgan fingerprint density at radius 1 is 1.00 bits per heavy atom. The van der Waals surface area contributed by atoms with Crippen molar-refractivity contribution in [1.29, 1.82) is 0 Å². The van der Waals surface area contributed by atoms with Gasteiger partial charge in [0.25, 0.3) is 0 Å². The first kappa shape index (κ1) is 11.3. The molecular weight excluding hydrogens is 184 g/mol. The maximum Gasteiger partial charge on any atom is 0.0351 e. The van der Waals surface area contributed by atoms with Crippen molar-refractivity contribution in [2.45, 2.75) is 25.7 Å². The largest absolute Gasteiger partial charge is 0.317 e. The van der Waals surface area contributed by atoms with E-state index in [4.69, 9.17) is 11.6 Å². The highest BCUT2D eigenvalue weighted by Gasteiger charge is 2.08. The summed E-state index contributed by atoms with van der Waals surface area (Å²) < 4.78 is 0. The van der Waals surface area contributed by atoms with Crippen LogP contribution in [-0.2, 0) is 0 Å². The lowest BCUT2D eigenvalue weighted by Crippen LogP contribution is -2.21. The van der Waals surface area contributed by atoms with Gasteiger partial charge in [-0.25, -0.2) is 0 Å². The van der Waals surface area contributed by atoms with Gasteiger partial charge in [-0.1, -0.05) is 0 Å². The van der Waals surface area contributed by atoms with Gasteiger partial charge in [-0.3, -0.25) is 0 Å². The predicted molar refractivity (Wildman–Crippen MR) is 58.5 cm³/mol. The third-order valence-corrected chi connectivity index (χ3v) is 2.73. The van der Waals surface area contributed by atoms with Crippen molar-refractivity contribution in [3.8, 4) is 0 Å². The fourth-order valence-electron chi connectivity index (χ4n) is 1.75. The summed E-state index contributed by atoms with van der Waals surface area (Å²) in [6, 6.07) is 0. The number of alkyl halides is 1. The summed E-state index contributed by atoms with van der Waals surface area (Å²) in [5.41, 5.74) is 0. The molecule has 0 saturated carbocycles. The first-order valence-electron chi connectivity index (χ1n) is 5.42. The van der Waals surface area contributed by atoms with Crippen molar-refractivity contribution in [1.82, 2.24) is 10.2 Å². The number of likely N-dealkylation sites (tertiary alicyclic amines) is 1. The van der Waals surface area contributed by atoms with E-state index >= 15 is 0 Å². The molecule has 0 aromatic carbocycles. The van der Waals surface area contributed by atoms with Crippen LogP contribution in [0, 0.1) is 0 Å². The lowest BCUT2D eigenvalue weighted by molar-refractivity contribution is 0.361. The molecule has 0 atom stereocenters. The monoisotopic (exact) mass is 204 g/mol. The van der Waals surface area contributed by atoms with Gasteiger partial charge < -0.3 is 10.2 Å². The number of rotatable bonds is 2. The van der Waals surface area contributed by atoms with Crippen molar-refractivity contribution in [3.05, 3.63) is 0 Å². The van der Waals surface area contributed by atoms with Crippen LogP contribution in [0.1, 0.15) is 25.7 Å². The van der Waals surface area contributed by atoms with E-state index in [1.807, 2.05) is 0 Å². The minimum absolute atomic E-state index is 0.792. The first-order valence-corrected chi connectivity index (χ1v) is 5.96. The van der Waals surface area contributed by atoms with E-state index in [1.54, 1.807) is 0 Å². The zero-order chi connectivity index (χ0) is 9.36. The second-order valence-electron chi connectivity index (χ2n) is 3.69. The molecule has 2 nitrogen and oxygen atoms in total. The summed E-state index contributed by atoms with van der Waals surface area (Å²) in [5, 5.41) is 3.22. The molecule has 2 saturated heterocycles. The SMILES string of the molecule is C1CCNC1.ClCCN1CCCC1. The Balaban J connectivity index is 0.000000145. The number of hydrogen-bond acceptors (Lipinski definition) is 2. The Morgan fingerprint density at radius 2 is 1.62 bits per heavy atom. The summed E-state index contributed by atoms with van der Waals surface area (Å²) >= 11 is 5.54. The minimum Gasteiger partial charge on any atom is -0.317 e. The normalized spacial score (nSPS) is 22.8. The lowest BCUT2D eigenvalue weighted by atomic mass is 10.4. The molecule has 0 unspecified atom stereocenters. The average molecular weight is 205 g/mol. The van der Waals surface area contributed by atoms with E-state index < -0.39 is 0 Å². The Labute approximate surface area is 86.6 Å². The average Bonchev–Trinajstić information content (AvgIpc) is 2.79. The Morgan fingerprint density at radius 3 is 2.00 bits per heavy atom. The highest BCUT2D eigenvalue weighted by Crippen LogP contribution is 2.05. The fraction of sp³-hybridized carbons (Fsp3) is 1.00. The van der Waals surface area contributed by atoms with Crippen LogP contribution in [0.15, 0.2) is 0 Å². The smallest absolute Gasteiger partial charge is 0.0351 e. The van der Waals surface area contributed by atoms with E-state index in [9.17, 15) is 0 Å². The molecule has 0 aliphatic carbocycles. The Bertz CT molecular complexity index is 102. The summed E-state index contributed by atoms with van der Waals surface area (Å²) in [7, 11) is 0. The van der Waals surface area contributed by atoms with Crippen LogP contribution < -0.4 is 5.32 Å². The van der Waals surface area contributed by atoms with Crippen LogP contribution in [0.4, 0.5) is 0 Å². The van der Waals surface area contributed by atoms with Gasteiger partial charge in [0.15, 0.2) is 0 Å². The van der Waals surface area contributed by atoms with Crippen molar-refractivity contribution >= 4 is 11.6 Å². The highest BCUT2D eigenvalue weighted by atomic mass is 35.5. The van der Waals surface area contributed by atoms with E-state index in [1.165, 1.54) is 51.9 Å². The summed E-state index contributed by atoms with van der Waals surface area (Å²) in [4.78, 5) is 2.41. The van der Waals surface area contributed by atoms with Crippen LogP contribution in [0.25, 0.3) is 0 Å². The molecule has 0 amide bonds. The van der Waals surface area contributed by atoms with Crippen LogP contribution >= 0.6 is 11.6 Å². The standard InChI is InChI=1S/C6H12ClN.C4H9N/c7-3-6-8-4-1-2-5-8;1-2-4-5-3-1/h1-6H2;5H,1-4H2. The second-order valence-corrected chi connectivity index (χ2v) is 4.07. The van der Waals surface area contributed by atoms with Crippen molar-refractivity contribution in [3.63, 3.8) is 0 Å². The number of nitrogens with one attached hydrogen (secondary N) is 1. The van der Waals surface area contributed by atoms with Crippen LogP contribution in [0.3, 0.4) is 0 Å². The predicted octanol–water partition coefficient (Wildman–Crippen LogP) is 1.69.